The van der Waals surface area contributed by atoms with Gasteiger partial charge in [0.25, 0.3) is 11.6 Å². The van der Waals surface area contributed by atoms with E-state index in [2.05, 4.69) is 22.1 Å². The van der Waals surface area contributed by atoms with Crippen molar-refractivity contribution in [3.63, 3.8) is 0 Å². The van der Waals surface area contributed by atoms with Crippen LogP contribution in [0.25, 0.3) is 16.9 Å². The lowest BCUT2D eigenvalue weighted by Gasteiger charge is -2.33. The van der Waals surface area contributed by atoms with Gasteiger partial charge in [-0.1, -0.05) is 25.1 Å². The molecular weight excluding hydrogens is 468 g/mol. The largest absolute Gasteiger partial charge is 0.371 e. The topological polar surface area (TPSA) is 106 Å². The molecule has 1 N–H and O–H groups in total. The van der Waals surface area contributed by atoms with E-state index in [4.69, 9.17) is 5.10 Å². The van der Waals surface area contributed by atoms with E-state index < -0.39 is 4.92 Å². The molecule has 0 saturated carbocycles. The van der Waals surface area contributed by atoms with Crippen molar-refractivity contribution in [3.8, 4) is 16.9 Å². The number of carbonyl (C=O) groups is 1. The smallest absolute Gasteiger partial charge is 0.270 e. The molecule has 0 radical (unpaired) electrons. The number of hydrogen-bond acceptors (Lipinski definition) is 6. The van der Waals surface area contributed by atoms with Crippen LogP contribution >= 0.6 is 0 Å². The van der Waals surface area contributed by atoms with Crippen molar-refractivity contribution in [2.45, 2.75) is 26.3 Å². The molecular formula is C28H28N6O3. The highest BCUT2D eigenvalue weighted by Gasteiger charge is 2.24. The number of nitro benzene ring substituents is 1. The Balaban J connectivity index is 1.44. The van der Waals surface area contributed by atoms with Crippen molar-refractivity contribution in [2.24, 2.45) is 5.92 Å². The fourth-order valence-corrected chi connectivity index (χ4v) is 4.62. The molecule has 37 heavy (non-hydrogen) atoms. The second kappa shape index (κ2) is 10.6. The number of nitro groups is 1. The van der Waals surface area contributed by atoms with Gasteiger partial charge in [-0.3, -0.25) is 19.9 Å². The normalized spacial score (nSPS) is 13.9. The maximum absolute atomic E-state index is 13.4. The van der Waals surface area contributed by atoms with Gasteiger partial charge < -0.3 is 10.2 Å². The number of rotatable bonds is 7. The minimum atomic E-state index is -0.468. The molecule has 1 aliphatic heterocycles. The Hall–Kier alpha value is -4.53. The van der Waals surface area contributed by atoms with Crippen molar-refractivity contribution in [1.29, 1.82) is 0 Å². The zero-order chi connectivity index (χ0) is 25.8. The van der Waals surface area contributed by atoms with Gasteiger partial charge in [-0.15, -0.1) is 0 Å². The second-order valence-corrected chi connectivity index (χ2v) is 9.33. The summed E-state index contributed by atoms with van der Waals surface area (Å²) in [6.07, 6.45) is 7.34. The number of nitrogens with one attached hydrogen (secondary N) is 1. The Morgan fingerprint density at radius 1 is 1.08 bits per heavy atom. The van der Waals surface area contributed by atoms with Gasteiger partial charge >= 0.3 is 0 Å². The summed E-state index contributed by atoms with van der Waals surface area (Å²) in [6, 6.07) is 18.0. The first-order valence-corrected chi connectivity index (χ1v) is 12.4. The molecule has 0 bridgehead atoms. The molecule has 2 aromatic heterocycles. The minimum absolute atomic E-state index is 0.103. The number of aromatic nitrogens is 3. The number of amides is 1. The third kappa shape index (κ3) is 5.35. The van der Waals surface area contributed by atoms with E-state index in [-0.39, 0.29) is 18.1 Å². The molecule has 0 aliphatic carbocycles. The van der Waals surface area contributed by atoms with E-state index in [0.717, 1.165) is 54.1 Å². The third-order valence-electron chi connectivity index (χ3n) is 6.76. The molecule has 0 unspecified atom stereocenters. The molecule has 5 rings (SSSR count). The zero-order valence-corrected chi connectivity index (χ0v) is 20.6. The van der Waals surface area contributed by atoms with E-state index in [1.807, 2.05) is 48.7 Å². The van der Waals surface area contributed by atoms with E-state index in [0.29, 0.717) is 11.5 Å². The maximum atomic E-state index is 13.4. The van der Waals surface area contributed by atoms with Crippen LogP contribution in [-0.2, 0) is 6.54 Å². The van der Waals surface area contributed by atoms with Crippen molar-refractivity contribution in [2.75, 3.05) is 18.0 Å². The summed E-state index contributed by atoms with van der Waals surface area (Å²) >= 11 is 0. The Bertz CT molecular complexity index is 1400. The van der Waals surface area contributed by atoms with Crippen molar-refractivity contribution < 1.29 is 9.72 Å². The molecule has 3 heterocycles. The predicted octanol–water partition coefficient (Wildman–Crippen LogP) is 5.01. The SMILES string of the molecule is CC1CCN(c2ccc([N+](=O)[O-])cc2C(=O)NCc2cn(-c3ccccc3)nc2-c2ccncc2)CC1. The van der Waals surface area contributed by atoms with Crippen LogP contribution in [0.2, 0.25) is 0 Å². The average molecular weight is 497 g/mol. The van der Waals surface area contributed by atoms with Crippen LogP contribution in [0.1, 0.15) is 35.7 Å². The van der Waals surface area contributed by atoms with Gasteiger partial charge in [0.05, 0.1) is 27.6 Å². The van der Waals surface area contributed by atoms with Gasteiger partial charge in [-0.05, 0) is 49.1 Å². The molecule has 1 aliphatic rings. The number of anilines is 1. The summed E-state index contributed by atoms with van der Waals surface area (Å²) in [4.78, 5) is 30.7. The van der Waals surface area contributed by atoms with E-state index in [1.54, 1.807) is 23.1 Å². The number of para-hydroxylation sites is 1. The molecule has 0 spiro atoms. The Morgan fingerprint density at radius 3 is 2.51 bits per heavy atom. The maximum Gasteiger partial charge on any atom is 0.270 e. The van der Waals surface area contributed by atoms with Gasteiger partial charge in [-0.2, -0.15) is 5.10 Å². The van der Waals surface area contributed by atoms with Crippen molar-refractivity contribution in [1.82, 2.24) is 20.1 Å². The molecule has 1 fully saturated rings. The zero-order valence-electron chi connectivity index (χ0n) is 20.6. The van der Waals surface area contributed by atoms with Crippen LogP contribution in [0.15, 0.2) is 79.3 Å². The summed E-state index contributed by atoms with van der Waals surface area (Å²) < 4.78 is 1.78. The molecule has 9 nitrogen and oxygen atoms in total. The van der Waals surface area contributed by atoms with Crippen LogP contribution in [0, 0.1) is 16.0 Å². The number of piperidine rings is 1. The number of carbonyl (C=O) groups excluding carboxylic acids is 1. The second-order valence-electron chi connectivity index (χ2n) is 9.33. The highest BCUT2D eigenvalue weighted by molar-refractivity contribution is 6.00. The number of benzene rings is 2. The Morgan fingerprint density at radius 2 is 1.81 bits per heavy atom. The summed E-state index contributed by atoms with van der Waals surface area (Å²) in [5.41, 5.74) is 4.27. The van der Waals surface area contributed by atoms with E-state index >= 15 is 0 Å². The van der Waals surface area contributed by atoms with Gasteiger partial charge in [-0.25, -0.2) is 4.68 Å². The molecule has 1 saturated heterocycles. The number of nitrogens with zero attached hydrogens (tertiary/aromatic N) is 5. The monoisotopic (exact) mass is 496 g/mol. The van der Waals surface area contributed by atoms with Crippen LogP contribution in [0.5, 0.6) is 0 Å². The number of hydrogen-bond donors (Lipinski definition) is 1. The lowest BCUT2D eigenvalue weighted by Crippen LogP contribution is -2.35. The fourth-order valence-electron chi connectivity index (χ4n) is 4.62. The first-order valence-electron chi connectivity index (χ1n) is 12.4. The van der Waals surface area contributed by atoms with Gasteiger partial charge in [0, 0.05) is 61.5 Å². The lowest BCUT2D eigenvalue weighted by atomic mass is 9.98. The van der Waals surface area contributed by atoms with Crippen LogP contribution in [0.4, 0.5) is 11.4 Å². The summed E-state index contributed by atoms with van der Waals surface area (Å²) in [7, 11) is 0. The van der Waals surface area contributed by atoms with E-state index in [1.165, 1.54) is 12.1 Å². The van der Waals surface area contributed by atoms with Gasteiger partial charge in [0.15, 0.2) is 0 Å². The third-order valence-corrected chi connectivity index (χ3v) is 6.76. The van der Waals surface area contributed by atoms with Crippen LogP contribution in [-0.4, -0.2) is 38.7 Å². The molecule has 188 valence electrons. The molecule has 9 heteroatoms. The fraction of sp³-hybridized carbons (Fsp3) is 0.250. The van der Waals surface area contributed by atoms with E-state index in [9.17, 15) is 14.9 Å². The lowest BCUT2D eigenvalue weighted by molar-refractivity contribution is -0.384. The minimum Gasteiger partial charge on any atom is -0.371 e. The standard InChI is InChI=1S/C28H28N6O3/c1-20-11-15-32(16-12-20)26-8-7-24(34(36)37)17-25(26)28(35)30-18-22-19-33(23-5-3-2-4-6-23)31-27(22)21-9-13-29-14-10-21/h2-10,13-14,17,19-20H,11-12,15-16,18H2,1H3,(H,30,35). The summed E-state index contributed by atoms with van der Waals surface area (Å²) in [5.74, 6) is 0.268. The van der Waals surface area contributed by atoms with Crippen LogP contribution < -0.4 is 10.2 Å². The predicted molar refractivity (Wildman–Crippen MR) is 142 cm³/mol. The van der Waals surface area contributed by atoms with Crippen LogP contribution in [0.3, 0.4) is 0 Å². The summed E-state index contributed by atoms with van der Waals surface area (Å²) in [5, 5.41) is 19.2. The number of non-ortho nitro benzene ring substituents is 1. The first kappa shape index (κ1) is 24.2. The van der Waals surface area contributed by atoms with Crippen molar-refractivity contribution in [3.05, 3.63) is 100 Å². The van der Waals surface area contributed by atoms with Gasteiger partial charge in [0.1, 0.15) is 0 Å². The molecule has 2 aromatic carbocycles. The number of pyridine rings is 1. The first-order chi connectivity index (χ1) is 18.0. The average Bonchev–Trinajstić information content (AvgIpc) is 3.37. The van der Waals surface area contributed by atoms with Gasteiger partial charge in [0.2, 0.25) is 0 Å². The molecule has 0 atom stereocenters. The summed E-state index contributed by atoms with van der Waals surface area (Å²) in [6.45, 7) is 4.06. The molecule has 4 aromatic rings. The quantitative estimate of drug-likeness (QED) is 0.285. The highest BCUT2D eigenvalue weighted by atomic mass is 16.6. The Labute approximate surface area is 214 Å². The van der Waals surface area contributed by atoms with Crippen molar-refractivity contribution >= 4 is 17.3 Å². The Kier molecular flexibility index (Phi) is 6.93. The molecule has 1 amide bonds. The highest BCUT2D eigenvalue weighted by Crippen LogP contribution is 2.30.